The largest absolute Gasteiger partial charge is 0.387 e. The first-order valence-corrected chi connectivity index (χ1v) is 19.0. The van der Waals surface area contributed by atoms with Crippen molar-refractivity contribution in [2.75, 3.05) is 17.6 Å². The van der Waals surface area contributed by atoms with Crippen LogP contribution < -0.4 is 21.7 Å². The van der Waals surface area contributed by atoms with Crippen LogP contribution in [0.15, 0.2) is 88.9 Å². The summed E-state index contributed by atoms with van der Waals surface area (Å²) in [4.78, 5) is 74.7. The second-order valence-electron chi connectivity index (χ2n) is 13.2. The summed E-state index contributed by atoms with van der Waals surface area (Å²) in [7, 11) is 0. The van der Waals surface area contributed by atoms with Gasteiger partial charge >= 0.3 is 0 Å². The number of amides is 5. The molecule has 3 aromatic carbocycles. The lowest BCUT2D eigenvalue weighted by atomic mass is 9.91. The number of nitrogens with two attached hydrogens (primary N) is 1. The average Bonchev–Trinajstić information content (AvgIpc) is 3.94. The first-order chi connectivity index (χ1) is 25.1. The Morgan fingerprint density at radius 1 is 1.08 bits per heavy atom. The van der Waals surface area contributed by atoms with Crippen LogP contribution in [0.1, 0.15) is 53.4 Å². The highest BCUT2D eigenvalue weighted by molar-refractivity contribution is 7.99. The predicted molar refractivity (Wildman–Crippen MR) is 200 cm³/mol. The third kappa shape index (κ3) is 7.53. The van der Waals surface area contributed by atoms with Gasteiger partial charge in [0.05, 0.1) is 12.3 Å². The quantitative estimate of drug-likeness (QED) is 0.167. The molecule has 7 rings (SSSR count). The zero-order valence-electron chi connectivity index (χ0n) is 28.4. The monoisotopic (exact) mass is 738 g/mol. The Kier molecular flexibility index (Phi) is 10.0. The van der Waals surface area contributed by atoms with Gasteiger partial charge in [0.2, 0.25) is 23.6 Å². The van der Waals surface area contributed by atoms with E-state index in [1.807, 2.05) is 48.5 Å². The number of oxime groups is 1. The number of carbonyl (C=O) groups excluding carboxylic acids is 5. The predicted octanol–water partition coefficient (Wildman–Crippen LogP) is 4.22. The Bertz CT molecular complexity index is 2050. The number of nitrogens with zero attached hydrogens (tertiary/aromatic N) is 2. The molecule has 0 bridgehead atoms. The maximum atomic E-state index is 14.1. The van der Waals surface area contributed by atoms with Gasteiger partial charge in [0.15, 0.2) is 5.60 Å². The maximum absolute atomic E-state index is 14.1. The van der Waals surface area contributed by atoms with Crippen LogP contribution in [-0.4, -0.2) is 76.2 Å². The highest BCUT2D eigenvalue weighted by atomic mass is 32.2. The number of benzene rings is 3. The number of fused-ring (bicyclic) bond motifs is 1. The number of carbonyl (C=O) groups is 5. The van der Waals surface area contributed by atoms with Gasteiger partial charge in [-0.2, -0.15) is 0 Å². The van der Waals surface area contributed by atoms with Gasteiger partial charge in [0, 0.05) is 57.0 Å². The van der Waals surface area contributed by atoms with Crippen LogP contribution in [0.4, 0.5) is 5.69 Å². The van der Waals surface area contributed by atoms with Crippen molar-refractivity contribution in [3.63, 3.8) is 0 Å². The Balaban J connectivity index is 1.10. The van der Waals surface area contributed by atoms with E-state index in [1.54, 1.807) is 42.1 Å². The smallest absolute Gasteiger partial charge is 0.254 e. The summed E-state index contributed by atoms with van der Waals surface area (Å²) < 4.78 is 1.06. The molecule has 0 saturated carbocycles. The van der Waals surface area contributed by atoms with Crippen LogP contribution in [0.25, 0.3) is 10.1 Å². The molecule has 5 N–H and O–H groups in total. The fourth-order valence-corrected chi connectivity index (χ4v) is 8.71. The van der Waals surface area contributed by atoms with Gasteiger partial charge in [0.25, 0.3) is 5.91 Å². The molecule has 52 heavy (non-hydrogen) atoms. The lowest BCUT2D eigenvalue weighted by Crippen LogP contribution is -2.52. The van der Waals surface area contributed by atoms with E-state index in [1.165, 1.54) is 16.2 Å². The van der Waals surface area contributed by atoms with Crippen LogP contribution in [0.3, 0.4) is 0 Å². The van der Waals surface area contributed by atoms with Crippen molar-refractivity contribution in [1.82, 2.24) is 15.5 Å². The SMILES string of the molecule is CCSc1ccc(C(=O)N2CC3(CC(c4cccc(NC(=O)[C@@H]5CCC(=O)N5)c4)=NO3)C[C@H]2C(=O)NC(Cc2cc3ccccc3s2)C(N)=O)cc1. The van der Waals surface area contributed by atoms with Gasteiger partial charge in [-0.15, -0.1) is 23.1 Å². The van der Waals surface area contributed by atoms with Crippen LogP contribution in [0, 0.1) is 0 Å². The molecular weight excluding hydrogens is 701 g/mol. The van der Waals surface area contributed by atoms with Crippen molar-refractivity contribution in [3.05, 3.63) is 94.9 Å². The number of thioether (sulfide) groups is 1. The zero-order chi connectivity index (χ0) is 36.4. The molecule has 268 valence electrons. The lowest BCUT2D eigenvalue weighted by Gasteiger charge is -2.25. The molecule has 4 atom stereocenters. The molecule has 4 aromatic rings. The summed E-state index contributed by atoms with van der Waals surface area (Å²) in [5.41, 5.74) is 7.07. The van der Waals surface area contributed by atoms with Gasteiger partial charge in [-0.3, -0.25) is 24.0 Å². The molecule has 1 spiro atoms. The van der Waals surface area contributed by atoms with Crippen molar-refractivity contribution in [2.24, 2.45) is 10.9 Å². The topological polar surface area (TPSA) is 172 Å². The fourth-order valence-electron chi connectivity index (χ4n) is 6.94. The summed E-state index contributed by atoms with van der Waals surface area (Å²) in [6.07, 6.45) is 1.39. The number of rotatable bonds is 11. The Labute approximate surface area is 308 Å². The van der Waals surface area contributed by atoms with Gasteiger partial charge in [0.1, 0.15) is 18.1 Å². The van der Waals surface area contributed by atoms with Crippen LogP contribution in [-0.2, 0) is 30.4 Å². The molecule has 5 amide bonds. The molecule has 0 radical (unpaired) electrons. The highest BCUT2D eigenvalue weighted by Gasteiger charge is 2.54. The molecule has 4 heterocycles. The minimum atomic E-state index is -1.01. The first-order valence-electron chi connectivity index (χ1n) is 17.2. The van der Waals surface area contributed by atoms with E-state index in [0.717, 1.165) is 25.6 Å². The summed E-state index contributed by atoms with van der Waals surface area (Å²) in [5.74, 6) is -1.08. The lowest BCUT2D eigenvalue weighted by molar-refractivity contribution is -0.129. The second-order valence-corrected chi connectivity index (χ2v) is 15.8. The van der Waals surface area contributed by atoms with E-state index >= 15 is 0 Å². The summed E-state index contributed by atoms with van der Waals surface area (Å²) in [6.45, 7) is 2.13. The van der Waals surface area contributed by atoms with Gasteiger partial charge in [-0.05, 0) is 66.1 Å². The summed E-state index contributed by atoms with van der Waals surface area (Å²) in [6, 6.07) is 21.7. The van der Waals surface area contributed by atoms with Gasteiger partial charge in [-0.1, -0.05) is 42.4 Å². The van der Waals surface area contributed by atoms with Crippen LogP contribution >= 0.6 is 23.1 Å². The van der Waals surface area contributed by atoms with Gasteiger partial charge < -0.3 is 31.4 Å². The minimum absolute atomic E-state index is 0.0811. The van der Waals surface area contributed by atoms with Crippen molar-refractivity contribution in [3.8, 4) is 0 Å². The molecular formula is C38H38N6O6S2. The van der Waals surface area contributed by atoms with E-state index in [9.17, 15) is 24.0 Å². The van der Waals surface area contributed by atoms with E-state index in [-0.39, 0.29) is 37.1 Å². The molecule has 0 aliphatic carbocycles. The molecule has 12 nitrogen and oxygen atoms in total. The van der Waals surface area contributed by atoms with E-state index < -0.39 is 35.5 Å². The number of nitrogens with one attached hydrogen (secondary N) is 3. The average molecular weight is 739 g/mol. The third-order valence-corrected chi connectivity index (χ3v) is 11.6. The zero-order valence-corrected chi connectivity index (χ0v) is 30.1. The summed E-state index contributed by atoms with van der Waals surface area (Å²) in [5, 5.41) is 13.8. The standard InChI is InChI=1S/C38H38N6O6S2/c1-2-51-26-12-10-22(11-13-26)37(49)44-21-38(19-30(43-50-38)23-7-5-8-25(16-23)40-35(47)28-14-15-33(45)41-28)20-31(44)36(48)42-29(34(39)46)18-27-17-24-6-3-4-9-32(24)52-27/h3-13,16-17,28-29,31H,2,14-15,18-21H2,1H3,(H2,39,46)(H,40,47)(H,41,45)(H,42,48)/t28-,29?,31-,38?/m0/s1. The third-order valence-electron chi connectivity index (χ3n) is 9.53. The van der Waals surface area contributed by atoms with Crippen molar-refractivity contribution < 1.29 is 28.8 Å². The fraction of sp³-hybridized carbons (Fsp3) is 0.316. The van der Waals surface area contributed by atoms with Gasteiger partial charge in [-0.25, -0.2) is 0 Å². The van der Waals surface area contributed by atoms with Crippen LogP contribution in [0.5, 0.6) is 0 Å². The molecule has 2 fully saturated rings. The number of thiophene rings is 1. The van der Waals surface area contributed by atoms with Crippen LogP contribution in [0.2, 0.25) is 0 Å². The molecule has 3 aliphatic rings. The first kappa shape index (κ1) is 35.2. The van der Waals surface area contributed by atoms with E-state index in [2.05, 4.69) is 28.0 Å². The number of hydrogen-bond acceptors (Lipinski definition) is 9. The number of primary amides is 1. The number of anilines is 1. The normalized spacial score (nSPS) is 21.4. The Morgan fingerprint density at radius 2 is 1.88 bits per heavy atom. The Hall–Kier alpha value is -5.21. The highest BCUT2D eigenvalue weighted by Crippen LogP contribution is 2.40. The number of likely N-dealkylation sites (tertiary alicyclic amines) is 1. The summed E-state index contributed by atoms with van der Waals surface area (Å²) >= 11 is 3.19. The van der Waals surface area contributed by atoms with Crippen molar-refractivity contribution >= 4 is 74.1 Å². The molecule has 2 saturated heterocycles. The van der Waals surface area contributed by atoms with E-state index in [4.69, 9.17) is 10.6 Å². The van der Waals surface area contributed by atoms with Crippen molar-refractivity contribution in [1.29, 1.82) is 0 Å². The molecule has 1 aromatic heterocycles. The second kappa shape index (κ2) is 14.8. The Morgan fingerprint density at radius 3 is 2.62 bits per heavy atom. The molecule has 2 unspecified atom stereocenters. The molecule has 3 aliphatic heterocycles. The number of hydrogen-bond donors (Lipinski definition) is 4. The van der Waals surface area contributed by atoms with Crippen molar-refractivity contribution in [2.45, 2.75) is 67.6 Å². The minimum Gasteiger partial charge on any atom is -0.387 e. The maximum Gasteiger partial charge on any atom is 0.254 e. The van der Waals surface area contributed by atoms with E-state index in [0.29, 0.717) is 41.8 Å². The molecule has 14 heteroatoms.